The van der Waals surface area contributed by atoms with Crippen molar-refractivity contribution in [2.45, 2.75) is 0 Å². The van der Waals surface area contributed by atoms with E-state index in [0.717, 1.165) is 67.5 Å². The van der Waals surface area contributed by atoms with Crippen molar-refractivity contribution in [1.29, 1.82) is 0 Å². The van der Waals surface area contributed by atoms with Gasteiger partial charge in [0.1, 0.15) is 0 Å². The SMILES string of the molecule is Clc1c(-c2ccccc2)n[n-]c1-c1ccccc1.Clc1c(-c2ccccc2)n[n-]c1-c1ccccc1.Clc1c(-c2ccccc2)n[n-]c1-c1ccccc1.[Cu+].[Cu+].[Cu+]. The van der Waals surface area contributed by atoms with Crippen molar-refractivity contribution < 1.29 is 51.2 Å². The van der Waals surface area contributed by atoms with Crippen molar-refractivity contribution >= 4 is 34.8 Å². The fourth-order valence-electron chi connectivity index (χ4n) is 5.58. The zero-order valence-corrected chi connectivity index (χ0v) is 34.6. The molecule has 3 aromatic heterocycles. The molecular formula is C45H30Cl3Cu3N6. The molecule has 6 aromatic carbocycles. The largest absolute Gasteiger partial charge is 1.00 e. The van der Waals surface area contributed by atoms with Crippen molar-refractivity contribution in [3.05, 3.63) is 197 Å². The monoisotopic (exact) mass is 948 g/mol. The van der Waals surface area contributed by atoms with E-state index in [9.17, 15) is 0 Å². The summed E-state index contributed by atoms with van der Waals surface area (Å²) in [5.74, 6) is 0. The number of hydrogen-bond acceptors (Lipinski definition) is 3. The Bertz CT molecular complexity index is 2060. The first-order valence-corrected chi connectivity index (χ1v) is 18.1. The van der Waals surface area contributed by atoms with E-state index in [2.05, 4.69) is 30.6 Å². The first-order valence-electron chi connectivity index (χ1n) is 17.0. The molecule has 0 unspecified atom stereocenters. The molecule has 9 aromatic rings. The zero-order valence-electron chi connectivity index (χ0n) is 29.5. The maximum absolute atomic E-state index is 6.37. The number of nitrogens with zero attached hydrogens (tertiary/aromatic N) is 6. The second-order valence-corrected chi connectivity index (χ2v) is 13.0. The van der Waals surface area contributed by atoms with Crippen molar-refractivity contribution in [1.82, 2.24) is 30.6 Å². The normalized spacial score (nSPS) is 9.95. The molecule has 0 amide bonds. The fraction of sp³-hybridized carbons (Fsp3) is 0. The Kier molecular flexibility index (Phi) is 17.7. The first-order chi connectivity index (χ1) is 26.6. The van der Waals surface area contributed by atoms with Gasteiger partial charge in [-0.2, -0.15) is 0 Å². The maximum atomic E-state index is 6.37. The van der Waals surface area contributed by atoms with Crippen LogP contribution in [0.3, 0.4) is 0 Å². The summed E-state index contributed by atoms with van der Waals surface area (Å²) >= 11 is 19.1. The Labute approximate surface area is 378 Å². The van der Waals surface area contributed by atoms with E-state index in [-0.39, 0.29) is 51.2 Å². The molecule has 0 aliphatic heterocycles. The van der Waals surface area contributed by atoms with Crippen LogP contribution in [0, 0.1) is 0 Å². The molecule has 0 saturated heterocycles. The van der Waals surface area contributed by atoms with Gasteiger partial charge >= 0.3 is 51.2 Å². The number of aromatic nitrogens is 6. The van der Waals surface area contributed by atoms with E-state index in [0.29, 0.717) is 15.1 Å². The van der Waals surface area contributed by atoms with Crippen molar-refractivity contribution in [2.24, 2.45) is 0 Å². The van der Waals surface area contributed by atoms with E-state index < -0.39 is 0 Å². The fourth-order valence-corrected chi connectivity index (χ4v) is 6.46. The van der Waals surface area contributed by atoms with Gasteiger partial charge < -0.3 is 30.6 Å². The van der Waals surface area contributed by atoms with Crippen molar-refractivity contribution in [3.8, 4) is 67.5 Å². The third-order valence-corrected chi connectivity index (χ3v) is 9.35. The van der Waals surface area contributed by atoms with Crippen LogP contribution in [0.4, 0.5) is 0 Å². The van der Waals surface area contributed by atoms with Gasteiger partial charge in [-0.3, -0.25) is 0 Å². The summed E-state index contributed by atoms with van der Waals surface area (Å²) in [7, 11) is 0. The van der Waals surface area contributed by atoms with Crippen LogP contribution < -0.4 is 15.3 Å². The molecule has 0 aliphatic rings. The van der Waals surface area contributed by atoms with E-state index in [1.807, 2.05) is 182 Å². The Morgan fingerprint density at radius 2 is 0.439 bits per heavy atom. The minimum Gasteiger partial charge on any atom is -0.573 e. The molecule has 0 bridgehead atoms. The molecule has 0 radical (unpaired) electrons. The van der Waals surface area contributed by atoms with Gasteiger partial charge in [0.15, 0.2) is 0 Å². The molecular weight excluding hydrogens is 922 g/mol. The van der Waals surface area contributed by atoms with E-state index >= 15 is 0 Å². The third kappa shape index (κ3) is 11.1. The molecule has 9 rings (SSSR count). The molecule has 57 heavy (non-hydrogen) atoms. The summed E-state index contributed by atoms with van der Waals surface area (Å²) in [5, 5.41) is 26.9. The quantitative estimate of drug-likeness (QED) is 0.155. The average molecular weight is 952 g/mol. The van der Waals surface area contributed by atoms with Crippen LogP contribution in [0.1, 0.15) is 0 Å². The number of hydrogen-bond donors (Lipinski definition) is 0. The van der Waals surface area contributed by atoms with Crippen molar-refractivity contribution in [3.63, 3.8) is 0 Å². The van der Waals surface area contributed by atoms with Crippen LogP contribution in [-0.4, -0.2) is 15.3 Å². The molecule has 6 nitrogen and oxygen atoms in total. The van der Waals surface area contributed by atoms with Gasteiger partial charge in [-0.25, -0.2) is 0 Å². The van der Waals surface area contributed by atoms with Gasteiger partial charge in [0.05, 0.1) is 32.1 Å². The van der Waals surface area contributed by atoms with Crippen LogP contribution in [0.2, 0.25) is 15.1 Å². The summed E-state index contributed by atoms with van der Waals surface area (Å²) in [4.78, 5) is 0. The summed E-state index contributed by atoms with van der Waals surface area (Å²) in [6.45, 7) is 0. The van der Waals surface area contributed by atoms with E-state index in [1.165, 1.54) is 0 Å². The van der Waals surface area contributed by atoms with Crippen molar-refractivity contribution in [2.75, 3.05) is 0 Å². The van der Waals surface area contributed by atoms with Gasteiger partial charge in [-0.15, -0.1) is 0 Å². The van der Waals surface area contributed by atoms with Crippen LogP contribution in [0.5, 0.6) is 0 Å². The Morgan fingerprint density at radius 3 is 0.632 bits per heavy atom. The Morgan fingerprint density at radius 1 is 0.263 bits per heavy atom. The summed E-state index contributed by atoms with van der Waals surface area (Å²) < 4.78 is 0. The number of rotatable bonds is 6. The third-order valence-electron chi connectivity index (χ3n) is 8.28. The molecule has 0 saturated carbocycles. The number of benzene rings is 6. The average Bonchev–Trinajstić information content (AvgIpc) is 3.96. The predicted molar refractivity (Wildman–Crippen MR) is 220 cm³/mol. The van der Waals surface area contributed by atoms with Crippen LogP contribution in [0.15, 0.2) is 182 Å². The Hall–Kier alpha value is -4.62. The van der Waals surface area contributed by atoms with Gasteiger partial charge in [-0.05, 0) is 33.4 Å². The molecule has 0 fully saturated rings. The summed E-state index contributed by atoms with van der Waals surface area (Å²) in [6, 6.07) is 59.0. The smallest absolute Gasteiger partial charge is 0.573 e. The molecule has 0 atom stereocenters. The van der Waals surface area contributed by atoms with Gasteiger partial charge in [0, 0.05) is 0 Å². The standard InChI is InChI=1S/3C15H10ClN2.3Cu/c3*16-13-14(11-7-3-1-4-8-11)17-18-15(13)12-9-5-2-6-10-12;;;/h3*1-10H;;;/q3*-1;3*+1. The minimum atomic E-state index is 0. The molecule has 0 N–H and O–H groups in total. The minimum absolute atomic E-state index is 0. The van der Waals surface area contributed by atoms with Crippen LogP contribution in [-0.2, 0) is 51.2 Å². The molecule has 0 spiro atoms. The topological polar surface area (TPSA) is 81.0 Å². The van der Waals surface area contributed by atoms with Crippen LogP contribution >= 0.6 is 34.8 Å². The first kappa shape index (κ1) is 45.1. The molecule has 12 heteroatoms. The number of halogens is 3. The van der Waals surface area contributed by atoms with E-state index in [1.54, 1.807) is 0 Å². The van der Waals surface area contributed by atoms with E-state index in [4.69, 9.17) is 34.8 Å². The Balaban J connectivity index is 0.000000185. The van der Waals surface area contributed by atoms with Crippen LogP contribution in [0.25, 0.3) is 67.5 Å². The van der Waals surface area contributed by atoms with Gasteiger partial charge in [0.25, 0.3) is 0 Å². The predicted octanol–water partition coefficient (Wildman–Crippen LogP) is 12.1. The second-order valence-electron chi connectivity index (χ2n) is 11.8. The van der Waals surface area contributed by atoms with Gasteiger partial charge in [0.2, 0.25) is 0 Å². The molecule has 294 valence electrons. The zero-order chi connectivity index (χ0) is 37.1. The molecule has 3 heterocycles. The summed E-state index contributed by atoms with van der Waals surface area (Å²) in [5.41, 5.74) is 10.3. The second kappa shape index (κ2) is 22.4. The molecule has 0 aliphatic carbocycles. The maximum Gasteiger partial charge on any atom is 1.00 e. The summed E-state index contributed by atoms with van der Waals surface area (Å²) in [6.07, 6.45) is 0. The van der Waals surface area contributed by atoms with Gasteiger partial charge in [-0.1, -0.05) is 234 Å².